The van der Waals surface area contributed by atoms with Crippen LogP contribution in [-0.4, -0.2) is 47.4 Å². The summed E-state index contributed by atoms with van der Waals surface area (Å²) in [6, 6.07) is -0.630. The van der Waals surface area contributed by atoms with Gasteiger partial charge >= 0.3 is 5.97 Å². The molecule has 6 heteroatoms. The largest absolute Gasteiger partial charge is 0.466 e. The number of carbonyl (C=O) groups is 2. The van der Waals surface area contributed by atoms with E-state index in [-0.39, 0.29) is 18.5 Å². The van der Waals surface area contributed by atoms with Crippen molar-refractivity contribution in [3.05, 3.63) is 48.6 Å². The number of amides is 1. The van der Waals surface area contributed by atoms with Crippen molar-refractivity contribution in [1.29, 1.82) is 0 Å². The molecule has 1 amide bonds. The number of rotatable bonds is 62. The van der Waals surface area contributed by atoms with E-state index in [0.29, 0.717) is 19.4 Å². The van der Waals surface area contributed by atoms with Crippen LogP contribution in [0.4, 0.5) is 0 Å². The molecule has 0 aliphatic carbocycles. The molecule has 0 saturated heterocycles. The monoisotopic (exact) mass is 1050 g/mol. The van der Waals surface area contributed by atoms with Crippen LogP contribution in [0.25, 0.3) is 0 Å². The van der Waals surface area contributed by atoms with E-state index < -0.39 is 12.1 Å². The zero-order chi connectivity index (χ0) is 54.3. The van der Waals surface area contributed by atoms with Gasteiger partial charge in [-0.25, -0.2) is 0 Å². The fraction of sp³-hybridized carbons (Fsp3) is 0.855. The summed E-state index contributed by atoms with van der Waals surface area (Å²) in [5.41, 5.74) is 0. The third-order valence-corrected chi connectivity index (χ3v) is 15.3. The van der Waals surface area contributed by atoms with Gasteiger partial charge in [0.05, 0.1) is 25.4 Å². The minimum absolute atomic E-state index is 0.00974. The highest BCUT2D eigenvalue weighted by molar-refractivity contribution is 5.76. The summed E-state index contributed by atoms with van der Waals surface area (Å²) in [4.78, 5) is 24.5. The Morgan fingerprint density at radius 3 is 1.03 bits per heavy atom. The first kappa shape index (κ1) is 72.8. The van der Waals surface area contributed by atoms with Gasteiger partial charge < -0.3 is 20.3 Å². The van der Waals surface area contributed by atoms with Crippen molar-refractivity contribution in [1.82, 2.24) is 5.32 Å². The Morgan fingerprint density at radius 1 is 0.373 bits per heavy atom. The lowest BCUT2D eigenvalue weighted by Crippen LogP contribution is -2.45. The Hall–Kier alpha value is -2.18. The summed E-state index contributed by atoms with van der Waals surface area (Å²) in [5, 5.41) is 23.1. The van der Waals surface area contributed by atoms with Crippen LogP contribution >= 0.6 is 0 Å². The number of esters is 1. The number of carbonyl (C=O) groups excluding carboxylic acids is 2. The van der Waals surface area contributed by atoms with Crippen LogP contribution in [0.5, 0.6) is 0 Å². The second kappa shape index (κ2) is 64.3. The molecule has 3 N–H and O–H groups in total. The molecule has 0 aliphatic rings. The molecule has 2 atom stereocenters. The molecule has 0 radical (unpaired) electrons. The van der Waals surface area contributed by atoms with Gasteiger partial charge in [-0.05, 0) is 89.9 Å². The number of hydrogen-bond donors (Lipinski definition) is 3. The van der Waals surface area contributed by atoms with Crippen molar-refractivity contribution >= 4 is 11.9 Å². The molecule has 75 heavy (non-hydrogen) atoms. The van der Waals surface area contributed by atoms with E-state index in [0.717, 1.165) is 51.4 Å². The molecule has 6 nitrogen and oxygen atoms in total. The van der Waals surface area contributed by atoms with E-state index in [9.17, 15) is 19.8 Å². The summed E-state index contributed by atoms with van der Waals surface area (Å²) >= 11 is 0. The molecule has 0 aromatic heterocycles. The van der Waals surface area contributed by atoms with Gasteiger partial charge in [0.1, 0.15) is 0 Å². The van der Waals surface area contributed by atoms with E-state index in [1.165, 1.54) is 276 Å². The van der Waals surface area contributed by atoms with E-state index in [1.807, 2.05) is 6.08 Å². The predicted octanol–water partition coefficient (Wildman–Crippen LogP) is 21.3. The zero-order valence-electron chi connectivity index (χ0n) is 50.3. The van der Waals surface area contributed by atoms with E-state index in [4.69, 9.17) is 4.74 Å². The van der Waals surface area contributed by atoms with Gasteiger partial charge in [0.2, 0.25) is 5.91 Å². The quantitative estimate of drug-likeness (QED) is 0.0320. The number of nitrogens with one attached hydrogen (secondary N) is 1. The molecule has 0 spiro atoms. The molecule has 0 aromatic rings. The lowest BCUT2D eigenvalue weighted by atomic mass is 10.0. The number of allylic oxidation sites excluding steroid dienone is 7. The van der Waals surface area contributed by atoms with Crippen molar-refractivity contribution in [3.63, 3.8) is 0 Å². The summed E-state index contributed by atoms with van der Waals surface area (Å²) in [5.74, 6) is -0.0617. The summed E-state index contributed by atoms with van der Waals surface area (Å²) in [7, 11) is 0. The van der Waals surface area contributed by atoms with E-state index in [2.05, 4.69) is 55.6 Å². The SMILES string of the molecule is CCCCCCCC/C=C\CCCCCCCCCCCC(=O)OCCCCCCCCCCC/C=C\C/C=C\CCCCCCCCCCCCCC(=O)NC(CO)C(O)/C=C/CCCCCCCCCCCC. The van der Waals surface area contributed by atoms with Crippen molar-refractivity contribution in [2.24, 2.45) is 0 Å². The van der Waals surface area contributed by atoms with Crippen molar-refractivity contribution in [2.45, 2.75) is 366 Å². The summed E-state index contributed by atoms with van der Waals surface area (Å²) < 4.78 is 5.50. The molecule has 440 valence electrons. The smallest absolute Gasteiger partial charge is 0.305 e. The number of ether oxygens (including phenoxy) is 1. The second-order valence-electron chi connectivity index (χ2n) is 22.8. The maximum atomic E-state index is 12.4. The van der Waals surface area contributed by atoms with Crippen LogP contribution in [0, 0.1) is 0 Å². The molecule has 2 unspecified atom stereocenters. The topological polar surface area (TPSA) is 95.9 Å². The highest BCUT2D eigenvalue weighted by Gasteiger charge is 2.18. The van der Waals surface area contributed by atoms with Crippen LogP contribution in [0.2, 0.25) is 0 Å². The molecule has 0 heterocycles. The van der Waals surface area contributed by atoms with Gasteiger partial charge in [-0.3, -0.25) is 9.59 Å². The third kappa shape index (κ3) is 60.9. The van der Waals surface area contributed by atoms with Crippen LogP contribution in [0.3, 0.4) is 0 Å². The van der Waals surface area contributed by atoms with Crippen LogP contribution in [0.15, 0.2) is 48.6 Å². The zero-order valence-corrected chi connectivity index (χ0v) is 50.3. The second-order valence-corrected chi connectivity index (χ2v) is 22.8. The first-order valence-electron chi connectivity index (χ1n) is 33.4. The van der Waals surface area contributed by atoms with Gasteiger partial charge in [0.25, 0.3) is 0 Å². The van der Waals surface area contributed by atoms with Crippen molar-refractivity contribution < 1.29 is 24.5 Å². The number of unbranched alkanes of at least 4 members (excludes halogenated alkanes) is 45. The van der Waals surface area contributed by atoms with Gasteiger partial charge in [-0.1, -0.05) is 300 Å². The standard InChI is InChI=1S/C69H129NO5/c1-3-5-7-9-11-13-15-17-18-19-29-33-36-39-43-47-51-55-59-63-69(74)75-64-60-56-52-48-44-40-37-34-31-28-26-24-22-20-21-23-25-27-30-32-35-38-42-46-50-54-58-62-68(73)70-66(65-71)67(72)61-57-53-49-45-41-16-14-12-10-8-6-4-2/h17-18,20-21,24,26,57,61,66-67,71-72H,3-16,19,22-23,25,27-56,58-60,62-65H2,1-2H3,(H,70,73)/b18-17-,21-20-,26-24-,61-57+. The van der Waals surface area contributed by atoms with Crippen molar-refractivity contribution in [2.75, 3.05) is 13.2 Å². The van der Waals surface area contributed by atoms with Crippen molar-refractivity contribution in [3.8, 4) is 0 Å². The maximum Gasteiger partial charge on any atom is 0.305 e. The fourth-order valence-electron chi connectivity index (χ4n) is 10.2. The molecule has 0 aliphatic heterocycles. The Bertz CT molecular complexity index is 1260. The van der Waals surface area contributed by atoms with Crippen LogP contribution in [-0.2, 0) is 14.3 Å². The highest BCUT2D eigenvalue weighted by atomic mass is 16.5. The molecular weight excluding hydrogens is 923 g/mol. The number of hydrogen-bond acceptors (Lipinski definition) is 5. The van der Waals surface area contributed by atoms with Gasteiger partial charge in [0, 0.05) is 12.8 Å². The number of aliphatic hydroxyl groups excluding tert-OH is 2. The first-order chi connectivity index (χ1) is 37.0. The van der Waals surface area contributed by atoms with Gasteiger partial charge in [-0.2, -0.15) is 0 Å². The Kier molecular flexibility index (Phi) is 62.5. The fourth-order valence-corrected chi connectivity index (χ4v) is 10.2. The van der Waals surface area contributed by atoms with Crippen LogP contribution in [0.1, 0.15) is 354 Å². The normalized spacial score (nSPS) is 12.9. The molecule has 0 aromatic carbocycles. The van der Waals surface area contributed by atoms with Crippen LogP contribution < -0.4 is 5.32 Å². The Balaban J connectivity index is 3.41. The van der Waals surface area contributed by atoms with E-state index in [1.54, 1.807) is 6.08 Å². The molecule has 0 bridgehead atoms. The molecule has 0 rings (SSSR count). The average Bonchev–Trinajstić information content (AvgIpc) is 3.41. The molecular formula is C69H129NO5. The van der Waals surface area contributed by atoms with Gasteiger partial charge in [0.15, 0.2) is 0 Å². The lowest BCUT2D eigenvalue weighted by molar-refractivity contribution is -0.143. The van der Waals surface area contributed by atoms with E-state index >= 15 is 0 Å². The molecule has 0 saturated carbocycles. The summed E-state index contributed by atoms with van der Waals surface area (Å²) in [6.07, 6.45) is 83.2. The summed E-state index contributed by atoms with van der Waals surface area (Å²) in [6.45, 7) is 4.90. The first-order valence-corrected chi connectivity index (χ1v) is 33.4. The molecule has 0 fully saturated rings. The maximum absolute atomic E-state index is 12.4. The third-order valence-electron chi connectivity index (χ3n) is 15.3. The average molecular weight is 1050 g/mol. The highest BCUT2D eigenvalue weighted by Crippen LogP contribution is 2.17. The predicted molar refractivity (Wildman–Crippen MR) is 329 cm³/mol. The Labute approximate surface area is 467 Å². The minimum atomic E-state index is -0.846. The van der Waals surface area contributed by atoms with Gasteiger partial charge in [-0.15, -0.1) is 0 Å². The Morgan fingerprint density at radius 2 is 0.667 bits per heavy atom. The minimum Gasteiger partial charge on any atom is -0.466 e. The number of aliphatic hydroxyl groups is 2. The lowest BCUT2D eigenvalue weighted by Gasteiger charge is -2.20.